The molecule has 4 rings (SSSR count). The van der Waals surface area contributed by atoms with Crippen LogP contribution in [0.25, 0.3) is 0 Å². The highest BCUT2D eigenvalue weighted by Gasteiger charge is 2.33. The molecule has 30 heavy (non-hydrogen) atoms. The lowest BCUT2D eigenvalue weighted by molar-refractivity contribution is -0.113. The van der Waals surface area contributed by atoms with Crippen molar-refractivity contribution in [3.63, 3.8) is 0 Å². The number of carbonyl (C=O) groups is 2. The first-order valence-electron chi connectivity index (χ1n) is 9.71. The van der Waals surface area contributed by atoms with Gasteiger partial charge in [-0.05, 0) is 59.0 Å². The monoisotopic (exact) mass is 422 g/mol. The van der Waals surface area contributed by atoms with Crippen LogP contribution in [0.3, 0.4) is 0 Å². The Morgan fingerprint density at radius 3 is 2.50 bits per heavy atom. The summed E-state index contributed by atoms with van der Waals surface area (Å²) in [7, 11) is 1.72. The SMILES string of the molecule is Cn1nnnc1SCC(=O)Nc1ccc(C(=O)NC(c2ccccc2)C2CC2)cc1. The summed E-state index contributed by atoms with van der Waals surface area (Å²) in [5, 5.41) is 17.6. The van der Waals surface area contributed by atoms with Crippen LogP contribution in [-0.4, -0.2) is 37.8 Å². The van der Waals surface area contributed by atoms with E-state index in [0.29, 0.717) is 22.3 Å². The normalized spacial score (nSPS) is 14.2. The van der Waals surface area contributed by atoms with Gasteiger partial charge in [-0.3, -0.25) is 9.59 Å². The van der Waals surface area contributed by atoms with Crippen molar-refractivity contribution in [1.29, 1.82) is 0 Å². The molecule has 1 fully saturated rings. The summed E-state index contributed by atoms with van der Waals surface area (Å²) in [6, 6.07) is 17.0. The Morgan fingerprint density at radius 2 is 1.87 bits per heavy atom. The Morgan fingerprint density at radius 1 is 1.13 bits per heavy atom. The van der Waals surface area contributed by atoms with Crippen LogP contribution in [0, 0.1) is 5.92 Å². The van der Waals surface area contributed by atoms with Gasteiger partial charge in [-0.1, -0.05) is 42.1 Å². The summed E-state index contributed by atoms with van der Waals surface area (Å²) < 4.78 is 1.51. The number of hydrogen-bond acceptors (Lipinski definition) is 6. The highest BCUT2D eigenvalue weighted by Crippen LogP contribution is 2.41. The Bertz CT molecular complexity index is 1020. The van der Waals surface area contributed by atoms with Crippen molar-refractivity contribution in [2.45, 2.75) is 24.0 Å². The summed E-state index contributed by atoms with van der Waals surface area (Å²) >= 11 is 1.25. The highest BCUT2D eigenvalue weighted by atomic mass is 32.2. The minimum atomic E-state index is -0.168. The molecular weight excluding hydrogens is 400 g/mol. The molecule has 1 unspecified atom stereocenters. The molecule has 3 aromatic rings. The maximum absolute atomic E-state index is 12.7. The van der Waals surface area contributed by atoms with E-state index in [1.807, 2.05) is 18.2 Å². The van der Waals surface area contributed by atoms with E-state index in [1.165, 1.54) is 16.4 Å². The lowest BCUT2D eigenvalue weighted by Crippen LogP contribution is -2.29. The summed E-state index contributed by atoms with van der Waals surface area (Å²) in [6.45, 7) is 0. The van der Waals surface area contributed by atoms with Crippen molar-refractivity contribution < 1.29 is 9.59 Å². The smallest absolute Gasteiger partial charge is 0.251 e. The number of amides is 2. The largest absolute Gasteiger partial charge is 0.345 e. The van der Waals surface area contributed by atoms with Crippen LogP contribution in [-0.2, 0) is 11.8 Å². The second-order valence-electron chi connectivity index (χ2n) is 7.20. The number of carbonyl (C=O) groups excluding carboxylic acids is 2. The number of tetrazole rings is 1. The summed E-state index contributed by atoms with van der Waals surface area (Å²) in [4.78, 5) is 24.9. The second-order valence-corrected chi connectivity index (χ2v) is 8.14. The quantitative estimate of drug-likeness (QED) is 0.541. The van der Waals surface area contributed by atoms with Crippen LogP contribution in [0.15, 0.2) is 59.8 Å². The van der Waals surface area contributed by atoms with Gasteiger partial charge in [0.15, 0.2) is 0 Å². The molecule has 0 bridgehead atoms. The fourth-order valence-electron chi connectivity index (χ4n) is 3.16. The molecule has 0 aliphatic heterocycles. The van der Waals surface area contributed by atoms with Crippen molar-refractivity contribution >= 4 is 29.3 Å². The number of nitrogens with zero attached hydrogens (tertiary/aromatic N) is 4. The number of aromatic nitrogens is 4. The maximum Gasteiger partial charge on any atom is 0.251 e. The van der Waals surface area contributed by atoms with E-state index in [1.54, 1.807) is 31.3 Å². The molecule has 2 aromatic carbocycles. The lowest BCUT2D eigenvalue weighted by atomic mass is 10.0. The molecule has 154 valence electrons. The number of nitrogens with one attached hydrogen (secondary N) is 2. The van der Waals surface area contributed by atoms with Crippen LogP contribution in [0.4, 0.5) is 5.69 Å². The van der Waals surface area contributed by atoms with Crippen molar-refractivity contribution in [2.75, 3.05) is 11.1 Å². The van der Waals surface area contributed by atoms with Crippen molar-refractivity contribution in [3.05, 3.63) is 65.7 Å². The number of hydrogen-bond donors (Lipinski definition) is 2. The third-order valence-electron chi connectivity index (χ3n) is 4.88. The summed E-state index contributed by atoms with van der Waals surface area (Å²) in [5.74, 6) is 0.407. The van der Waals surface area contributed by atoms with Gasteiger partial charge in [0.05, 0.1) is 11.8 Å². The number of benzene rings is 2. The molecule has 1 aliphatic rings. The minimum absolute atomic E-state index is 0.0326. The van der Waals surface area contributed by atoms with Gasteiger partial charge >= 0.3 is 0 Å². The van der Waals surface area contributed by atoms with Crippen molar-refractivity contribution in [3.8, 4) is 0 Å². The van der Waals surface area contributed by atoms with Crippen LogP contribution < -0.4 is 10.6 Å². The maximum atomic E-state index is 12.7. The second kappa shape index (κ2) is 9.08. The van der Waals surface area contributed by atoms with Crippen LogP contribution >= 0.6 is 11.8 Å². The Kier molecular flexibility index (Phi) is 6.08. The molecule has 9 heteroatoms. The molecule has 2 amide bonds. The van der Waals surface area contributed by atoms with Gasteiger partial charge in [0.2, 0.25) is 11.1 Å². The zero-order chi connectivity index (χ0) is 20.9. The number of thioether (sulfide) groups is 1. The van der Waals surface area contributed by atoms with Gasteiger partial charge in [0.1, 0.15) is 0 Å². The zero-order valence-corrected chi connectivity index (χ0v) is 17.3. The molecule has 1 aliphatic carbocycles. The van der Waals surface area contributed by atoms with E-state index in [0.717, 1.165) is 18.4 Å². The van der Waals surface area contributed by atoms with E-state index >= 15 is 0 Å². The van der Waals surface area contributed by atoms with E-state index in [9.17, 15) is 9.59 Å². The molecular formula is C21H22N6O2S. The first-order chi connectivity index (χ1) is 14.6. The van der Waals surface area contributed by atoms with Crippen LogP contribution in [0.1, 0.15) is 34.8 Å². The van der Waals surface area contributed by atoms with Gasteiger partial charge in [-0.15, -0.1) is 5.10 Å². The lowest BCUT2D eigenvalue weighted by Gasteiger charge is -2.19. The Labute approximate surface area is 178 Å². The summed E-state index contributed by atoms with van der Waals surface area (Å²) in [6.07, 6.45) is 2.26. The Balaban J connectivity index is 1.33. The fourth-order valence-corrected chi connectivity index (χ4v) is 3.81. The first kappa shape index (κ1) is 20.1. The van der Waals surface area contributed by atoms with E-state index < -0.39 is 0 Å². The molecule has 0 saturated heterocycles. The van der Waals surface area contributed by atoms with Crippen LogP contribution in [0.2, 0.25) is 0 Å². The molecule has 8 nitrogen and oxygen atoms in total. The molecule has 1 atom stereocenters. The molecule has 1 heterocycles. The van der Waals surface area contributed by atoms with Gasteiger partial charge in [0.25, 0.3) is 5.91 Å². The number of aryl methyl sites for hydroxylation is 1. The topological polar surface area (TPSA) is 102 Å². The molecule has 1 saturated carbocycles. The standard InChI is InChI=1S/C21H22N6O2S/c1-27-21(24-25-26-27)30-13-18(28)22-17-11-9-16(10-12-17)20(29)23-19(15-7-8-15)14-5-3-2-4-6-14/h2-6,9-12,15,19H,7-8,13H2,1H3,(H,22,28)(H,23,29). The van der Waals surface area contributed by atoms with Gasteiger partial charge in [0, 0.05) is 18.3 Å². The molecule has 1 aromatic heterocycles. The van der Waals surface area contributed by atoms with Crippen LogP contribution in [0.5, 0.6) is 0 Å². The highest BCUT2D eigenvalue weighted by molar-refractivity contribution is 7.99. The van der Waals surface area contributed by atoms with Crippen molar-refractivity contribution in [2.24, 2.45) is 13.0 Å². The van der Waals surface area contributed by atoms with Gasteiger partial charge < -0.3 is 10.6 Å². The first-order valence-corrected chi connectivity index (χ1v) is 10.7. The minimum Gasteiger partial charge on any atom is -0.345 e. The molecule has 0 radical (unpaired) electrons. The number of anilines is 1. The van der Waals surface area contributed by atoms with Gasteiger partial charge in [-0.2, -0.15) is 0 Å². The predicted octanol–water partition coefficient (Wildman–Crippen LogP) is 2.82. The average Bonchev–Trinajstić information content (AvgIpc) is 3.52. The third kappa shape index (κ3) is 5.04. The fraction of sp³-hybridized carbons (Fsp3) is 0.286. The predicted molar refractivity (Wildman–Crippen MR) is 114 cm³/mol. The zero-order valence-electron chi connectivity index (χ0n) is 16.5. The average molecular weight is 423 g/mol. The third-order valence-corrected chi connectivity index (χ3v) is 5.89. The Hall–Kier alpha value is -3.20. The molecule has 2 N–H and O–H groups in total. The van der Waals surface area contributed by atoms with E-state index in [4.69, 9.17) is 0 Å². The van der Waals surface area contributed by atoms with Crippen molar-refractivity contribution in [1.82, 2.24) is 25.5 Å². The summed E-state index contributed by atoms with van der Waals surface area (Å²) in [5.41, 5.74) is 2.33. The molecule has 0 spiro atoms. The van der Waals surface area contributed by atoms with E-state index in [-0.39, 0.29) is 23.6 Å². The van der Waals surface area contributed by atoms with Gasteiger partial charge in [-0.25, -0.2) is 4.68 Å². The number of rotatable bonds is 8. The van der Waals surface area contributed by atoms with E-state index in [2.05, 4.69) is 38.3 Å².